The van der Waals surface area contributed by atoms with Crippen LogP contribution >= 0.6 is 27.3 Å². The van der Waals surface area contributed by atoms with Crippen molar-refractivity contribution in [1.82, 2.24) is 29.8 Å². The fourth-order valence-corrected chi connectivity index (χ4v) is 8.55. The first-order valence-corrected chi connectivity index (χ1v) is 18.2. The highest BCUT2D eigenvalue weighted by Crippen LogP contribution is 2.38. The van der Waals surface area contributed by atoms with E-state index in [4.69, 9.17) is 5.73 Å². The number of anilines is 2. The lowest BCUT2D eigenvalue weighted by molar-refractivity contribution is -0.137. The molecule has 0 aliphatic carbocycles. The molecule has 0 saturated carbocycles. The molecule has 0 spiro atoms. The van der Waals surface area contributed by atoms with E-state index in [-0.39, 0.29) is 34.4 Å². The van der Waals surface area contributed by atoms with Crippen molar-refractivity contribution in [2.75, 3.05) is 70.5 Å². The second-order valence-corrected chi connectivity index (χ2v) is 14.8. The molecule has 1 aromatic carbocycles. The summed E-state index contributed by atoms with van der Waals surface area (Å²) in [7, 11) is 2.12. The predicted molar refractivity (Wildman–Crippen MR) is 182 cm³/mol. The Morgan fingerprint density at radius 1 is 1.00 bits per heavy atom. The van der Waals surface area contributed by atoms with Crippen LogP contribution in [0.5, 0.6) is 0 Å². The monoisotopic (exact) mass is 754 g/mol. The maximum absolute atomic E-state index is 14.0. The number of amides is 5. The van der Waals surface area contributed by atoms with Gasteiger partial charge in [-0.1, -0.05) is 0 Å². The number of nitrogen functional groups attached to an aromatic ring is 1. The highest BCUT2D eigenvalue weighted by Gasteiger charge is 2.38. The number of hydrogen-bond donors (Lipinski definition) is 3. The summed E-state index contributed by atoms with van der Waals surface area (Å²) in [5.74, 6) is -0.320. The minimum absolute atomic E-state index is 0.0479. The largest absolute Gasteiger partial charge is 0.418 e. The van der Waals surface area contributed by atoms with Crippen LogP contribution in [0.4, 0.5) is 34.1 Å². The summed E-state index contributed by atoms with van der Waals surface area (Å²) < 4.78 is 41.5. The maximum Gasteiger partial charge on any atom is 0.418 e. The van der Waals surface area contributed by atoms with Gasteiger partial charge in [-0.3, -0.25) is 9.69 Å². The number of alkyl halides is 3. The molecule has 5 amide bonds. The molecule has 0 unspecified atom stereocenters. The first-order valence-electron chi connectivity index (χ1n) is 16.4. The van der Waals surface area contributed by atoms with Gasteiger partial charge in [-0.05, 0) is 84.8 Å². The van der Waals surface area contributed by atoms with Crippen LogP contribution in [0.3, 0.4) is 0 Å². The SMILES string of the molecule is CN1CCC(N2CCN(C(=O)[C@@H](Cc3cc(Br)c(N)c(C(F)(F)F)c3)NC(=O)N3CCC(N4Cc5cscc5NC4=O)CC3)CC2)CC1. The fraction of sp³-hybridized carbons (Fsp3) is 0.594. The summed E-state index contributed by atoms with van der Waals surface area (Å²) in [6.07, 6.45) is -1.53. The smallest absolute Gasteiger partial charge is 0.397 e. The molecule has 262 valence electrons. The van der Waals surface area contributed by atoms with E-state index in [1.54, 1.807) is 14.7 Å². The zero-order valence-corrected chi connectivity index (χ0v) is 29.3. The third kappa shape index (κ3) is 7.71. The van der Waals surface area contributed by atoms with Crippen molar-refractivity contribution in [3.05, 3.63) is 44.1 Å². The van der Waals surface area contributed by atoms with Gasteiger partial charge >= 0.3 is 18.2 Å². The Labute approximate surface area is 290 Å². The third-order valence-electron chi connectivity index (χ3n) is 10.1. The number of piperidine rings is 2. The lowest BCUT2D eigenvalue weighted by Crippen LogP contribution is -2.59. The summed E-state index contributed by atoms with van der Waals surface area (Å²) >= 11 is 4.68. The number of likely N-dealkylation sites (tertiary alicyclic amines) is 2. The number of hydrogen-bond acceptors (Lipinski definition) is 7. The molecule has 1 atom stereocenters. The molecule has 1 aromatic heterocycles. The lowest BCUT2D eigenvalue weighted by Gasteiger charge is -2.43. The molecule has 6 rings (SSSR count). The van der Waals surface area contributed by atoms with Crippen LogP contribution in [0.15, 0.2) is 27.4 Å². The first kappa shape index (κ1) is 34.8. The second kappa shape index (κ2) is 14.4. The van der Waals surface area contributed by atoms with Gasteiger partial charge in [0.1, 0.15) is 6.04 Å². The highest BCUT2D eigenvalue weighted by atomic mass is 79.9. The van der Waals surface area contributed by atoms with Crippen LogP contribution < -0.4 is 16.4 Å². The van der Waals surface area contributed by atoms with Gasteiger partial charge in [0.05, 0.1) is 23.5 Å². The number of thiophene rings is 1. The van der Waals surface area contributed by atoms with Crippen LogP contribution in [-0.2, 0) is 23.9 Å². The number of piperazine rings is 1. The molecule has 0 bridgehead atoms. The van der Waals surface area contributed by atoms with Crippen molar-refractivity contribution in [3.8, 4) is 0 Å². The molecular weight excluding hydrogens is 713 g/mol. The van der Waals surface area contributed by atoms with E-state index in [2.05, 4.69) is 43.4 Å². The number of nitrogens with two attached hydrogens (primary N) is 1. The zero-order valence-electron chi connectivity index (χ0n) is 26.9. The van der Waals surface area contributed by atoms with Gasteiger partial charge < -0.3 is 36.0 Å². The van der Waals surface area contributed by atoms with Gasteiger partial charge in [-0.15, -0.1) is 11.3 Å². The van der Waals surface area contributed by atoms with Crippen molar-refractivity contribution >= 4 is 56.6 Å². The number of halogens is 4. The Hall–Kier alpha value is -3.08. The van der Waals surface area contributed by atoms with E-state index < -0.39 is 29.5 Å². The van der Waals surface area contributed by atoms with Crippen LogP contribution in [0, 0.1) is 0 Å². The quantitative estimate of drug-likeness (QED) is 0.375. The normalized spacial score (nSPS) is 21.2. The number of nitrogens with zero attached hydrogens (tertiary/aromatic N) is 5. The fourth-order valence-electron chi connectivity index (χ4n) is 7.26. The average Bonchev–Trinajstić information content (AvgIpc) is 3.52. The van der Waals surface area contributed by atoms with Gasteiger partial charge in [0.15, 0.2) is 0 Å². The first-order chi connectivity index (χ1) is 22.9. The Bertz CT molecular complexity index is 1500. The molecule has 16 heteroatoms. The minimum Gasteiger partial charge on any atom is -0.397 e. The van der Waals surface area contributed by atoms with Gasteiger partial charge in [-0.25, -0.2) is 9.59 Å². The number of nitrogens with one attached hydrogen (secondary N) is 2. The van der Waals surface area contributed by atoms with Crippen molar-refractivity contribution in [3.63, 3.8) is 0 Å². The number of carbonyl (C=O) groups excluding carboxylic acids is 3. The molecule has 11 nitrogen and oxygen atoms in total. The molecule has 3 fully saturated rings. The molecule has 4 N–H and O–H groups in total. The molecule has 48 heavy (non-hydrogen) atoms. The summed E-state index contributed by atoms with van der Waals surface area (Å²) in [6.45, 7) is 5.70. The van der Waals surface area contributed by atoms with E-state index in [0.29, 0.717) is 64.7 Å². The summed E-state index contributed by atoms with van der Waals surface area (Å²) in [6, 6.07) is 1.17. The molecule has 2 aromatic rings. The topological polar surface area (TPSA) is 117 Å². The Morgan fingerprint density at radius 3 is 2.33 bits per heavy atom. The Morgan fingerprint density at radius 2 is 1.67 bits per heavy atom. The number of fused-ring (bicyclic) bond motifs is 1. The third-order valence-corrected chi connectivity index (χ3v) is 11.6. The zero-order chi connectivity index (χ0) is 34.2. The molecule has 4 aliphatic rings. The maximum atomic E-state index is 14.0. The molecule has 4 aliphatic heterocycles. The minimum atomic E-state index is -4.68. The van der Waals surface area contributed by atoms with Gasteiger partial charge in [0.25, 0.3) is 0 Å². The average molecular weight is 756 g/mol. The summed E-state index contributed by atoms with van der Waals surface area (Å²) in [4.78, 5) is 50.3. The van der Waals surface area contributed by atoms with Crippen LogP contribution in [-0.4, -0.2) is 120 Å². The summed E-state index contributed by atoms with van der Waals surface area (Å²) in [5.41, 5.74) is 6.46. The van der Waals surface area contributed by atoms with E-state index in [0.717, 1.165) is 43.2 Å². The summed E-state index contributed by atoms with van der Waals surface area (Å²) in [5, 5.41) is 9.74. The van der Waals surface area contributed by atoms with E-state index in [1.165, 1.54) is 17.4 Å². The lowest BCUT2D eigenvalue weighted by atomic mass is 10.00. The van der Waals surface area contributed by atoms with Crippen molar-refractivity contribution in [1.29, 1.82) is 0 Å². The highest BCUT2D eigenvalue weighted by molar-refractivity contribution is 9.10. The van der Waals surface area contributed by atoms with Crippen LogP contribution in [0.1, 0.15) is 42.4 Å². The van der Waals surface area contributed by atoms with Crippen molar-refractivity contribution < 1.29 is 27.6 Å². The molecular formula is C32H42BrF3N8O3S. The van der Waals surface area contributed by atoms with Gasteiger partial charge in [0.2, 0.25) is 5.91 Å². The molecule has 3 saturated heterocycles. The predicted octanol–water partition coefficient (Wildman–Crippen LogP) is 4.48. The number of urea groups is 2. The Kier molecular flexibility index (Phi) is 10.4. The van der Waals surface area contributed by atoms with E-state index >= 15 is 0 Å². The van der Waals surface area contributed by atoms with Gasteiger partial charge in [0, 0.05) is 73.2 Å². The molecule has 0 radical (unpaired) electrons. The van der Waals surface area contributed by atoms with Crippen LogP contribution in [0.2, 0.25) is 0 Å². The van der Waals surface area contributed by atoms with Crippen LogP contribution in [0.25, 0.3) is 0 Å². The van der Waals surface area contributed by atoms with Crippen molar-refractivity contribution in [2.24, 2.45) is 0 Å². The van der Waals surface area contributed by atoms with Crippen molar-refractivity contribution in [2.45, 2.75) is 63.0 Å². The Balaban J connectivity index is 1.13. The number of benzene rings is 1. The molecule has 5 heterocycles. The van der Waals surface area contributed by atoms with Gasteiger partial charge in [-0.2, -0.15) is 13.2 Å². The number of rotatable bonds is 6. The second-order valence-electron chi connectivity index (χ2n) is 13.2. The number of carbonyl (C=O) groups is 3. The van der Waals surface area contributed by atoms with E-state index in [9.17, 15) is 27.6 Å². The standard InChI is InChI=1S/C32H42BrF3N8O3S/c1-40-6-2-22(3-7-40)41-10-12-42(13-11-41)29(45)26(16-20-14-24(32(34,35)36)28(37)25(33)15-20)38-30(46)43-8-4-23(5-9-43)44-17-21-18-48-19-27(21)39-31(44)47/h14-15,18-19,22-23,26H,2-13,16-17,37H2,1H3,(H,38,46)(H,39,47)/t26-/m1/s1. The van der Waals surface area contributed by atoms with E-state index in [1.807, 2.05) is 10.8 Å².